The molecule has 1 saturated heterocycles. The quantitative estimate of drug-likeness (QED) is 0.632. The lowest BCUT2D eigenvalue weighted by Crippen LogP contribution is -2.54. The number of methoxy groups -OCH3 is 1. The van der Waals surface area contributed by atoms with E-state index in [1.54, 1.807) is 7.11 Å². The summed E-state index contributed by atoms with van der Waals surface area (Å²) < 4.78 is 10.2. The summed E-state index contributed by atoms with van der Waals surface area (Å²) in [5, 5.41) is 12.1. The molecule has 2 N–H and O–H groups in total. The maximum absolute atomic E-state index is 9.80. The molecular weight excluding hydrogens is 232 g/mol. The summed E-state index contributed by atoms with van der Waals surface area (Å²) >= 11 is 0. The second kappa shape index (κ2) is 8.82. The molecule has 0 radical (unpaired) electrons. The summed E-state index contributed by atoms with van der Waals surface area (Å²) in [6, 6.07) is 1.07. The lowest BCUT2D eigenvalue weighted by Gasteiger charge is -2.39. The number of aliphatic hydroxyl groups is 1. The largest absolute Gasteiger partial charge is 0.389 e. The molecule has 5 nitrogen and oxygen atoms in total. The summed E-state index contributed by atoms with van der Waals surface area (Å²) in [4.78, 5) is 0. The van der Waals surface area contributed by atoms with Gasteiger partial charge in [0, 0.05) is 25.7 Å². The smallest absolute Gasteiger partial charge is 0.0911 e. The third-order valence-electron chi connectivity index (χ3n) is 3.45. The first-order chi connectivity index (χ1) is 8.65. The highest BCUT2D eigenvalue weighted by molar-refractivity contribution is 4.77. The Kier molecular flexibility index (Phi) is 7.77. The highest BCUT2D eigenvalue weighted by atomic mass is 16.5. The van der Waals surface area contributed by atoms with Gasteiger partial charge in [0.25, 0.3) is 0 Å². The van der Waals surface area contributed by atoms with Crippen molar-refractivity contribution >= 4 is 0 Å². The lowest BCUT2D eigenvalue weighted by atomic mass is 10.00. The maximum Gasteiger partial charge on any atom is 0.0911 e. The fraction of sp³-hybridized carbons (Fsp3) is 1.00. The van der Waals surface area contributed by atoms with Crippen molar-refractivity contribution < 1.29 is 14.6 Å². The van der Waals surface area contributed by atoms with E-state index in [-0.39, 0.29) is 0 Å². The van der Waals surface area contributed by atoms with Crippen LogP contribution >= 0.6 is 0 Å². The third-order valence-corrected chi connectivity index (χ3v) is 3.45. The van der Waals surface area contributed by atoms with E-state index in [9.17, 15) is 5.11 Å². The van der Waals surface area contributed by atoms with Gasteiger partial charge in [-0.1, -0.05) is 6.42 Å². The van der Waals surface area contributed by atoms with Crippen LogP contribution in [0, 0.1) is 0 Å². The number of piperidine rings is 1. The minimum Gasteiger partial charge on any atom is -0.389 e. The first kappa shape index (κ1) is 15.9. The molecule has 1 aliphatic rings. The van der Waals surface area contributed by atoms with E-state index in [0.717, 1.165) is 0 Å². The van der Waals surface area contributed by atoms with Gasteiger partial charge in [-0.2, -0.15) is 0 Å². The Balaban J connectivity index is 2.14. The van der Waals surface area contributed by atoms with Crippen LogP contribution in [0.3, 0.4) is 0 Å². The number of ether oxygens (including phenoxy) is 2. The molecule has 1 rings (SSSR count). The number of hydrazine groups is 1. The van der Waals surface area contributed by atoms with Crippen molar-refractivity contribution in [3.05, 3.63) is 0 Å². The van der Waals surface area contributed by atoms with Crippen molar-refractivity contribution in [2.24, 2.45) is 0 Å². The molecule has 0 aliphatic carbocycles. The van der Waals surface area contributed by atoms with Crippen LogP contribution in [0.5, 0.6) is 0 Å². The van der Waals surface area contributed by atoms with E-state index in [1.165, 1.54) is 19.3 Å². The fourth-order valence-electron chi connectivity index (χ4n) is 2.36. The predicted molar refractivity (Wildman–Crippen MR) is 71.3 cm³/mol. The molecule has 0 spiro atoms. The van der Waals surface area contributed by atoms with Gasteiger partial charge in [0.15, 0.2) is 0 Å². The molecule has 1 aliphatic heterocycles. The van der Waals surface area contributed by atoms with Gasteiger partial charge >= 0.3 is 0 Å². The number of rotatable bonds is 8. The highest BCUT2D eigenvalue weighted by Crippen LogP contribution is 2.19. The summed E-state index contributed by atoms with van der Waals surface area (Å²) in [6.45, 7) is 6.45. The Hall–Kier alpha value is -0.200. The van der Waals surface area contributed by atoms with Crippen LogP contribution < -0.4 is 5.43 Å². The molecular formula is C13H28N2O3. The van der Waals surface area contributed by atoms with Crippen molar-refractivity contribution in [1.29, 1.82) is 0 Å². The van der Waals surface area contributed by atoms with Gasteiger partial charge in [-0.05, 0) is 26.7 Å². The third kappa shape index (κ3) is 5.63. The fourth-order valence-corrected chi connectivity index (χ4v) is 2.36. The summed E-state index contributed by atoms with van der Waals surface area (Å²) in [6.07, 6.45) is 3.27. The van der Waals surface area contributed by atoms with E-state index in [2.05, 4.69) is 24.3 Å². The molecule has 1 fully saturated rings. The lowest BCUT2D eigenvalue weighted by molar-refractivity contribution is -0.0118. The maximum atomic E-state index is 9.80. The normalized spacial score (nSPS) is 27.3. The van der Waals surface area contributed by atoms with Gasteiger partial charge in [-0.15, -0.1) is 0 Å². The summed E-state index contributed by atoms with van der Waals surface area (Å²) in [5.74, 6) is 0. The Labute approximate surface area is 110 Å². The van der Waals surface area contributed by atoms with Crippen molar-refractivity contribution in [2.45, 2.75) is 51.3 Å². The molecule has 0 aromatic carbocycles. The summed E-state index contributed by atoms with van der Waals surface area (Å²) in [5.41, 5.74) is 3.33. The molecule has 1 heterocycles. The first-order valence-corrected chi connectivity index (χ1v) is 6.91. The van der Waals surface area contributed by atoms with E-state index >= 15 is 0 Å². The van der Waals surface area contributed by atoms with Crippen LogP contribution in [0.25, 0.3) is 0 Å². The van der Waals surface area contributed by atoms with E-state index in [0.29, 0.717) is 38.4 Å². The van der Waals surface area contributed by atoms with E-state index < -0.39 is 6.10 Å². The Morgan fingerprint density at radius 2 is 1.94 bits per heavy atom. The van der Waals surface area contributed by atoms with Crippen molar-refractivity contribution in [3.8, 4) is 0 Å². The molecule has 0 bridgehead atoms. The Bertz CT molecular complexity index is 206. The highest BCUT2D eigenvalue weighted by Gasteiger charge is 2.24. The van der Waals surface area contributed by atoms with Crippen molar-refractivity contribution in [3.63, 3.8) is 0 Å². The predicted octanol–water partition coefficient (Wildman–Crippen LogP) is 0.778. The van der Waals surface area contributed by atoms with Crippen LogP contribution in [0.2, 0.25) is 0 Å². The van der Waals surface area contributed by atoms with Gasteiger partial charge in [0.05, 0.1) is 25.9 Å². The molecule has 108 valence electrons. The average Bonchev–Trinajstić information content (AvgIpc) is 2.34. The molecule has 3 unspecified atom stereocenters. The zero-order valence-electron chi connectivity index (χ0n) is 11.9. The number of hydrogen-bond donors (Lipinski definition) is 2. The SMILES string of the molecule is COCCOCC(O)CNN1C(C)CCCC1C. The van der Waals surface area contributed by atoms with Crippen LogP contribution in [0.15, 0.2) is 0 Å². The zero-order chi connectivity index (χ0) is 13.4. The van der Waals surface area contributed by atoms with Crippen LogP contribution in [0.1, 0.15) is 33.1 Å². The number of nitrogens with one attached hydrogen (secondary N) is 1. The van der Waals surface area contributed by atoms with Crippen LogP contribution in [-0.4, -0.2) is 61.8 Å². The standard InChI is InChI=1S/C13H28N2O3/c1-11-5-4-6-12(2)15(11)14-9-13(16)10-18-8-7-17-3/h11-14,16H,4-10H2,1-3H3. The minimum absolute atomic E-state index is 0.354. The molecule has 5 heteroatoms. The van der Waals surface area contributed by atoms with Crippen LogP contribution in [0.4, 0.5) is 0 Å². The van der Waals surface area contributed by atoms with Gasteiger partial charge in [-0.3, -0.25) is 5.43 Å². The van der Waals surface area contributed by atoms with Gasteiger partial charge in [0.2, 0.25) is 0 Å². The van der Waals surface area contributed by atoms with Crippen molar-refractivity contribution in [1.82, 2.24) is 10.4 Å². The monoisotopic (exact) mass is 260 g/mol. The van der Waals surface area contributed by atoms with E-state index in [1.807, 2.05) is 0 Å². The zero-order valence-corrected chi connectivity index (χ0v) is 11.9. The summed E-state index contributed by atoms with van der Waals surface area (Å²) in [7, 11) is 1.64. The Morgan fingerprint density at radius 3 is 2.56 bits per heavy atom. The van der Waals surface area contributed by atoms with Gasteiger partial charge in [-0.25, -0.2) is 5.01 Å². The molecule has 18 heavy (non-hydrogen) atoms. The van der Waals surface area contributed by atoms with Crippen LogP contribution in [-0.2, 0) is 9.47 Å². The van der Waals surface area contributed by atoms with Gasteiger partial charge in [0.1, 0.15) is 0 Å². The molecule has 0 aromatic rings. The van der Waals surface area contributed by atoms with Crippen molar-refractivity contribution in [2.75, 3.05) is 33.5 Å². The number of aliphatic hydroxyl groups excluding tert-OH is 1. The number of nitrogens with zero attached hydrogens (tertiary/aromatic N) is 1. The average molecular weight is 260 g/mol. The minimum atomic E-state index is -0.469. The molecule has 0 saturated carbocycles. The van der Waals surface area contributed by atoms with Gasteiger partial charge < -0.3 is 14.6 Å². The second-order valence-corrected chi connectivity index (χ2v) is 5.12. The number of hydrogen-bond acceptors (Lipinski definition) is 5. The van der Waals surface area contributed by atoms with E-state index in [4.69, 9.17) is 9.47 Å². The molecule has 3 atom stereocenters. The Morgan fingerprint density at radius 1 is 1.28 bits per heavy atom. The molecule has 0 amide bonds. The topological polar surface area (TPSA) is 54.0 Å². The second-order valence-electron chi connectivity index (χ2n) is 5.12. The first-order valence-electron chi connectivity index (χ1n) is 6.91. The molecule has 0 aromatic heterocycles.